The van der Waals surface area contributed by atoms with E-state index >= 15 is 0 Å². The van der Waals surface area contributed by atoms with Gasteiger partial charge in [0.1, 0.15) is 11.0 Å². The van der Waals surface area contributed by atoms with Gasteiger partial charge in [0.25, 0.3) is 0 Å². The summed E-state index contributed by atoms with van der Waals surface area (Å²) in [7, 11) is 0. The van der Waals surface area contributed by atoms with Crippen molar-refractivity contribution in [1.29, 1.82) is 0 Å². The third-order valence-corrected chi connectivity index (χ3v) is 11.9. The highest BCUT2D eigenvalue weighted by molar-refractivity contribution is 6.09. The summed E-state index contributed by atoms with van der Waals surface area (Å²) in [4.78, 5) is 25.5. The largest absolute Gasteiger partial charge is 0.308 e. The van der Waals surface area contributed by atoms with Crippen LogP contribution in [0.25, 0.3) is 61.7 Å². The van der Waals surface area contributed by atoms with Crippen molar-refractivity contribution >= 4 is 56.2 Å². The summed E-state index contributed by atoms with van der Waals surface area (Å²) in [5.74, 6) is 0.644. The number of aryl methyl sites for hydroxylation is 2. The third kappa shape index (κ3) is 7.25. The predicted molar refractivity (Wildman–Crippen MR) is 267 cm³/mol. The molecule has 0 fully saturated rings. The highest BCUT2D eigenvalue weighted by Gasteiger charge is 2.30. The second-order valence-electron chi connectivity index (χ2n) is 16.1. The molecule has 4 aromatic heterocycles. The smallest absolute Gasteiger partial charge is 0.160 e. The van der Waals surface area contributed by atoms with Crippen LogP contribution in [-0.4, -0.2) is 24.5 Å². The minimum atomic E-state index is 0.644. The summed E-state index contributed by atoms with van der Waals surface area (Å²) >= 11 is 0. The van der Waals surface area contributed by atoms with Crippen LogP contribution in [0.4, 0.5) is 34.1 Å². The number of benzene rings is 7. The van der Waals surface area contributed by atoms with Gasteiger partial charge in [-0.3, -0.25) is 9.97 Å². The van der Waals surface area contributed by atoms with Gasteiger partial charge in [-0.2, -0.15) is 0 Å². The summed E-state index contributed by atoms with van der Waals surface area (Å²) in [5.41, 5.74) is 17.1. The number of hydrogen-bond acceptors (Lipinski definition) is 6. The fourth-order valence-corrected chi connectivity index (χ4v) is 8.90. The lowest BCUT2D eigenvalue weighted by molar-refractivity contribution is 1.11. The van der Waals surface area contributed by atoms with Crippen molar-refractivity contribution in [1.82, 2.24) is 24.5 Å². The molecule has 0 aliphatic carbocycles. The molecule has 0 amide bonds. The van der Waals surface area contributed by atoms with Gasteiger partial charge in [-0.1, -0.05) is 133 Å². The summed E-state index contributed by atoms with van der Waals surface area (Å²) in [5, 5.41) is 0. The number of aromatic nitrogens is 5. The average Bonchev–Trinajstić information content (AvgIpc) is 3.72. The van der Waals surface area contributed by atoms with Crippen LogP contribution < -0.4 is 9.80 Å². The maximum Gasteiger partial charge on any atom is 0.160 e. The summed E-state index contributed by atoms with van der Waals surface area (Å²) in [6.45, 7) is 4.33. The monoisotopic (exact) mass is 837 g/mol. The van der Waals surface area contributed by atoms with Crippen LogP contribution in [0, 0.1) is 13.8 Å². The van der Waals surface area contributed by atoms with Gasteiger partial charge in [0.05, 0.1) is 39.5 Å². The van der Waals surface area contributed by atoms with Gasteiger partial charge in [-0.25, -0.2) is 9.97 Å². The minimum Gasteiger partial charge on any atom is -0.308 e. The molecule has 0 unspecified atom stereocenters. The van der Waals surface area contributed by atoms with E-state index in [0.29, 0.717) is 5.82 Å². The Morgan fingerprint density at radius 1 is 0.369 bits per heavy atom. The minimum absolute atomic E-state index is 0.644. The van der Waals surface area contributed by atoms with E-state index in [0.717, 1.165) is 101 Å². The van der Waals surface area contributed by atoms with Crippen molar-refractivity contribution in [2.75, 3.05) is 9.80 Å². The first-order valence-electron chi connectivity index (χ1n) is 21.8. The SMILES string of the molecule is Cc1ccnc2c3nccc(C)c3n(-c3c(N(c4ccccc4)c4ccccc4)cc(-c4cc(-c5ccccc5)nc(-c5ccccc5)n4)cc3N(c3ccccc3)c3ccccc3)c12. The van der Waals surface area contributed by atoms with Crippen molar-refractivity contribution in [3.8, 4) is 39.6 Å². The fourth-order valence-electron chi connectivity index (χ4n) is 8.90. The van der Waals surface area contributed by atoms with Gasteiger partial charge >= 0.3 is 0 Å². The summed E-state index contributed by atoms with van der Waals surface area (Å²) in [6.07, 6.45) is 3.78. The lowest BCUT2D eigenvalue weighted by Crippen LogP contribution is -2.18. The van der Waals surface area contributed by atoms with Gasteiger partial charge in [0.2, 0.25) is 0 Å². The molecule has 7 nitrogen and oxygen atoms in total. The molecule has 4 heterocycles. The van der Waals surface area contributed by atoms with Crippen LogP contribution in [0.2, 0.25) is 0 Å². The Morgan fingerprint density at radius 2 is 0.723 bits per heavy atom. The second-order valence-corrected chi connectivity index (χ2v) is 16.1. The van der Waals surface area contributed by atoms with Gasteiger partial charge in [0.15, 0.2) is 5.82 Å². The first kappa shape index (κ1) is 39.2. The van der Waals surface area contributed by atoms with Crippen molar-refractivity contribution in [2.45, 2.75) is 13.8 Å². The summed E-state index contributed by atoms with van der Waals surface area (Å²) in [6, 6.07) is 73.9. The Kier molecular flexibility index (Phi) is 10.2. The molecule has 0 spiro atoms. The fraction of sp³-hybridized carbons (Fsp3) is 0.0345. The number of pyridine rings is 2. The van der Waals surface area contributed by atoms with Crippen molar-refractivity contribution in [3.05, 3.63) is 236 Å². The van der Waals surface area contributed by atoms with Gasteiger partial charge < -0.3 is 14.4 Å². The molecule has 0 saturated heterocycles. The van der Waals surface area contributed by atoms with E-state index < -0.39 is 0 Å². The number of fused-ring (bicyclic) bond motifs is 3. The van der Waals surface area contributed by atoms with E-state index in [2.05, 4.69) is 216 Å². The third-order valence-electron chi connectivity index (χ3n) is 11.9. The van der Waals surface area contributed by atoms with Crippen molar-refractivity contribution in [2.24, 2.45) is 0 Å². The number of nitrogens with zero attached hydrogens (tertiary/aromatic N) is 7. The number of para-hydroxylation sites is 4. The van der Waals surface area contributed by atoms with Crippen LogP contribution in [-0.2, 0) is 0 Å². The van der Waals surface area contributed by atoms with Crippen LogP contribution >= 0.6 is 0 Å². The number of anilines is 6. The maximum atomic E-state index is 5.44. The zero-order valence-electron chi connectivity index (χ0n) is 36.0. The Labute approximate surface area is 378 Å². The Hall–Kier alpha value is -8.68. The van der Waals surface area contributed by atoms with E-state index in [4.69, 9.17) is 19.9 Å². The molecule has 0 saturated carbocycles. The number of hydrogen-bond donors (Lipinski definition) is 0. The van der Waals surface area contributed by atoms with E-state index in [1.807, 2.05) is 36.7 Å². The quantitative estimate of drug-likeness (QED) is 0.137. The normalized spacial score (nSPS) is 11.2. The highest BCUT2D eigenvalue weighted by Crippen LogP contribution is 2.51. The van der Waals surface area contributed by atoms with Crippen molar-refractivity contribution in [3.63, 3.8) is 0 Å². The number of rotatable bonds is 10. The molecule has 0 atom stereocenters. The molecular formula is C58H43N7. The van der Waals surface area contributed by atoms with E-state index in [9.17, 15) is 0 Å². The topological polar surface area (TPSA) is 63.0 Å². The maximum absolute atomic E-state index is 5.44. The second kappa shape index (κ2) is 16.9. The van der Waals surface area contributed by atoms with Crippen LogP contribution in [0.1, 0.15) is 11.1 Å². The average molecular weight is 838 g/mol. The van der Waals surface area contributed by atoms with E-state index in [1.54, 1.807) is 0 Å². The molecule has 0 bridgehead atoms. The molecule has 0 aliphatic rings. The Bertz CT molecular complexity index is 3130. The lowest BCUT2D eigenvalue weighted by Gasteiger charge is -2.34. The molecule has 0 N–H and O–H groups in total. The molecule has 0 aliphatic heterocycles. The molecule has 0 radical (unpaired) electrons. The lowest BCUT2D eigenvalue weighted by atomic mass is 10.0. The van der Waals surface area contributed by atoms with Crippen LogP contribution in [0.15, 0.2) is 225 Å². The molecule has 11 aromatic rings. The van der Waals surface area contributed by atoms with Crippen molar-refractivity contribution < 1.29 is 0 Å². The Morgan fingerprint density at radius 3 is 1.12 bits per heavy atom. The van der Waals surface area contributed by atoms with Gasteiger partial charge in [0, 0.05) is 51.8 Å². The molecule has 7 heteroatoms. The van der Waals surface area contributed by atoms with Gasteiger partial charge in [-0.15, -0.1) is 0 Å². The first-order chi connectivity index (χ1) is 32.1. The molecule has 65 heavy (non-hydrogen) atoms. The molecule has 11 rings (SSSR count). The first-order valence-corrected chi connectivity index (χ1v) is 21.8. The zero-order chi connectivity index (χ0) is 43.7. The molecule has 7 aromatic carbocycles. The summed E-state index contributed by atoms with van der Waals surface area (Å²) < 4.78 is 2.41. The zero-order valence-corrected chi connectivity index (χ0v) is 36.0. The van der Waals surface area contributed by atoms with Crippen LogP contribution in [0.5, 0.6) is 0 Å². The Balaban J connectivity index is 1.36. The van der Waals surface area contributed by atoms with E-state index in [-0.39, 0.29) is 0 Å². The molecule has 310 valence electrons. The highest BCUT2D eigenvalue weighted by atomic mass is 15.2. The van der Waals surface area contributed by atoms with E-state index in [1.165, 1.54) is 0 Å². The standard InChI is InChI=1S/C58H43N7/c1-40-33-35-59-53-54-56(41(2)34-36-60-54)65(55(40)53)57-51(63(45-25-13-5-14-26-45)46-27-15-6-16-28-46)37-44(38-52(57)64(47-29-17-7-18-30-47)48-31-19-8-20-32-48)50-39-49(42-21-9-3-10-22-42)61-58(62-50)43-23-11-4-12-24-43/h3-39H,1-2H3. The molecular weight excluding hydrogens is 795 g/mol. The predicted octanol–water partition coefficient (Wildman–Crippen LogP) is 14.9. The van der Waals surface area contributed by atoms with Crippen LogP contribution in [0.3, 0.4) is 0 Å². The van der Waals surface area contributed by atoms with Gasteiger partial charge in [-0.05, 0) is 104 Å².